The molecule has 1 saturated carbocycles. The van der Waals surface area contributed by atoms with Gasteiger partial charge in [0.1, 0.15) is 10.9 Å². The Bertz CT molecular complexity index is 900. The molecular formula is C14H13F2N7S. The molecule has 4 rings (SSSR count). The lowest BCUT2D eigenvalue weighted by Crippen LogP contribution is -2.04. The number of hydrogen-bond acceptors (Lipinski definition) is 6. The fraction of sp³-hybridized carbons (Fsp3) is 0.357. The fourth-order valence-electron chi connectivity index (χ4n) is 2.39. The third-order valence-corrected chi connectivity index (χ3v) is 4.56. The molecule has 0 N–H and O–H groups in total. The Labute approximate surface area is 139 Å². The molecule has 3 heterocycles. The highest BCUT2D eigenvalue weighted by Crippen LogP contribution is 2.40. The van der Waals surface area contributed by atoms with E-state index in [2.05, 4.69) is 32.1 Å². The van der Waals surface area contributed by atoms with Crippen molar-refractivity contribution >= 4 is 17.4 Å². The summed E-state index contributed by atoms with van der Waals surface area (Å²) in [5.41, 5.74) is 0.279. The number of fused-ring (bicyclic) bond motifs is 1. The molecule has 0 amide bonds. The van der Waals surface area contributed by atoms with E-state index in [1.54, 1.807) is 18.2 Å². The molecule has 0 spiro atoms. The van der Waals surface area contributed by atoms with Gasteiger partial charge in [0.2, 0.25) is 5.82 Å². The SMILES string of the molecule is C=CCn1c(Sc2ccc3nnc(C(F)F)n3n2)nnc1C1CC1. The molecule has 24 heavy (non-hydrogen) atoms. The Hall–Kier alpha value is -2.36. The molecule has 1 aliphatic rings. The second kappa shape index (κ2) is 5.93. The first-order valence-corrected chi connectivity index (χ1v) is 8.21. The van der Waals surface area contributed by atoms with Gasteiger partial charge in [0, 0.05) is 12.5 Å². The van der Waals surface area contributed by atoms with Gasteiger partial charge in [-0.05, 0) is 36.7 Å². The summed E-state index contributed by atoms with van der Waals surface area (Å²) >= 11 is 1.27. The van der Waals surface area contributed by atoms with Crippen LogP contribution in [-0.4, -0.2) is 34.6 Å². The van der Waals surface area contributed by atoms with Crippen LogP contribution in [0.5, 0.6) is 0 Å². The van der Waals surface area contributed by atoms with E-state index in [4.69, 9.17) is 0 Å². The monoisotopic (exact) mass is 349 g/mol. The zero-order valence-corrected chi connectivity index (χ0v) is 13.3. The first-order valence-electron chi connectivity index (χ1n) is 7.39. The highest BCUT2D eigenvalue weighted by molar-refractivity contribution is 7.99. The normalized spacial score (nSPS) is 14.6. The molecule has 0 atom stereocenters. The van der Waals surface area contributed by atoms with E-state index in [0.29, 0.717) is 22.6 Å². The summed E-state index contributed by atoms with van der Waals surface area (Å²) in [5.74, 6) is 0.917. The molecule has 0 radical (unpaired) electrons. The minimum absolute atomic E-state index is 0.279. The number of alkyl halides is 2. The number of allylic oxidation sites excluding steroid dienone is 1. The lowest BCUT2D eigenvalue weighted by atomic mass is 10.4. The van der Waals surface area contributed by atoms with Crippen LogP contribution in [-0.2, 0) is 6.54 Å². The molecule has 0 saturated heterocycles. The summed E-state index contributed by atoms with van der Waals surface area (Å²) in [6, 6.07) is 3.30. The zero-order chi connectivity index (χ0) is 16.7. The second-order valence-corrected chi connectivity index (χ2v) is 6.40. The summed E-state index contributed by atoms with van der Waals surface area (Å²) in [7, 11) is 0. The van der Waals surface area contributed by atoms with Crippen LogP contribution in [0.4, 0.5) is 8.78 Å². The van der Waals surface area contributed by atoms with Crippen LogP contribution < -0.4 is 0 Å². The zero-order valence-electron chi connectivity index (χ0n) is 12.5. The summed E-state index contributed by atoms with van der Waals surface area (Å²) in [4.78, 5) is 0. The number of rotatable bonds is 6. The molecule has 3 aromatic rings. The quantitative estimate of drug-likeness (QED) is 0.637. The maximum Gasteiger partial charge on any atom is 0.299 e. The summed E-state index contributed by atoms with van der Waals surface area (Å²) < 4.78 is 28.9. The van der Waals surface area contributed by atoms with Gasteiger partial charge in [0.05, 0.1) is 0 Å². The van der Waals surface area contributed by atoms with Gasteiger partial charge in [-0.1, -0.05) is 6.08 Å². The summed E-state index contributed by atoms with van der Waals surface area (Å²) in [6.07, 6.45) is 1.27. The van der Waals surface area contributed by atoms with Gasteiger partial charge in [-0.15, -0.1) is 27.0 Å². The van der Waals surface area contributed by atoms with Gasteiger partial charge in [-0.25, -0.2) is 8.78 Å². The average molecular weight is 349 g/mol. The van der Waals surface area contributed by atoms with Crippen LogP contribution in [0.25, 0.3) is 5.65 Å². The fourth-order valence-corrected chi connectivity index (χ4v) is 3.20. The summed E-state index contributed by atoms with van der Waals surface area (Å²) in [6.45, 7) is 4.36. The Morgan fingerprint density at radius 1 is 1.25 bits per heavy atom. The van der Waals surface area contributed by atoms with E-state index >= 15 is 0 Å². The van der Waals surface area contributed by atoms with Crippen molar-refractivity contribution in [1.82, 2.24) is 34.6 Å². The van der Waals surface area contributed by atoms with Crippen molar-refractivity contribution in [2.24, 2.45) is 0 Å². The van der Waals surface area contributed by atoms with Crippen molar-refractivity contribution < 1.29 is 8.78 Å². The van der Waals surface area contributed by atoms with Crippen LogP contribution in [0.2, 0.25) is 0 Å². The number of halogens is 2. The summed E-state index contributed by atoms with van der Waals surface area (Å²) in [5, 5.41) is 21.0. The highest BCUT2D eigenvalue weighted by Gasteiger charge is 2.30. The molecule has 1 aliphatic carbocycles. The van der Waals surface area contributed by atoms with Gasteiger partial charge in [0.15, 0.2) is 10.8 Å². The van der Waals surface area contributed by atoms with E-state index in [0.717, 1.165) is 23.2 Å². The number of nitrogens with zero attached hydrogens (tertiary/aromatic N) is 7. The highest BCUT2D eigenvalue weighted by atomic mass is 32.2. The average Bonchev–Trinajstić information content (AvgIpc) is 3.20. The Kier molecular flexibility index (Phi) is 3.75. The van der Waals surface area contributed by atoms with E-state index in [1.807, 2.05) is 4.57 Å². The molecule has 0 aromatic carbocycles. The number of aromatic nitrogens is 7. The van der Waals surface area contributed by atoms with E-state index in [1.165, 1.54) is 11.8 Å². The van der Waals surface area contributed by atoms with E-state index < -0.39 is 12.2 Å². The maximum atomic E-state index is 12.9. The molecule has 124 valence electrons. The smallest absolute Gasteiger partial charge is 0.299 e. The number of hydrogen-bond donors (Lipinski definition) is 0. The molecule has 1 fully saturated rings. The first kappa shape index (κ1) is 15.2. The largest absolute Gasteiger partial charge is 0.302 e. The Balaban J connectivity index is 1.69. The van der Waals surface area contributed by atoms with Crippen molar-refractivity contribution in [3.05, 3.63) is 36.4 Å². The van der Waals surface area contributed by atoms with Crippen LogP contribution in [0, 0.1) is 0 Å². The van der Waals surface area contributed by atoms with Crippen LogP contribution in [0.1, 0.15) is 36.8 Å². The van der Waals surface area contributed by atoms with Gasteiger partial charge >= 0.3 is 0 Å². The van der Waals surface area contributed by atoms with Crippen molar-refractivity contribution in [2.75, 3.05) is 0 Å². The van der Waals surface area contributed by atoms with Gasteiger partial charge in [-0.3, -0.25) is 0 Å². The second-order valence-electron chi connectivity index (χ2n) is 5.42. The van der Waals surface area contributed by atoms with E-state index in [9.17, 15) is 8.78 Å². The maximum absolute atomic E-state index is 12.9. The van der Waals surface area contributed by atoms with Crippen molar-refractivity contribution in [3.63, 3.8) is 0 Å². The lowest BCUT2D eigenvalue weighted by molar-refractivity contribution is 0.137. The molecule has 10 heteroatoms. The standard InChI is InChI=1S/C14H13F2N7S/c1-2-7-22-12(8-3-4-8)18-20-14(22)24-10-6-5-9-17-19-13(11(15)16)23(9)21-10/h2,5-6,8,11H,1,3-4,7H2. The predicted octanol–water partition coefficient (Wildman–Crippen LogP) is 2.87. The van der Waals surface area contributed by atoms with Gasteiger partial charge < -0.3 is 4.57 Å². The van der Waals surface area contributed by atoms with Crippen LogP contribution in [0.15, 0.2) is 35.0 Å². The Morgan fingerprint density at radius 3 is 2.79 bits per heavy atom. The van der Waals surface area contributed by atoms with Crippen LogP contribution >= 0.6 is 11.8 Å². The predicted molar refractivity (Wildman–Crippen MR) is 82.1 cm³/mol. The van der Waals surface area contributed by atoms with Gasteiger partial charge in [-0.2, -0.15) is 9.61 Å². The van der Waals surface area contributed by atoms with Crippen molar-refractivity contribution in [2.45, 2.75) is 41.9 Å². The topological polar surface area (TPSA) is 73.8 Å². The van der Waals surface area contributed by atoms with E-state index in [-0.39, 0.29) is 5.65 Å². The first-order chi connectivity index (χ1) is 11.7. The third-order valence-electron chi connectivity index (χ3n) is 3.65. The molecular weight excluding hydrogens is 336 g/mol. The minimum atomic E-state index is -2.74. The minimum Gasteiger partial charge on any atom is -0.302 e. The molecule has 3 aromatic heterocycles. The van der Waals surface area contributed by atoms with Crippen LogP contribution in [0.3, 0.4) is 0 Å². The third kappa shape index (κ3) is 2.66. The molecule has 0 bridgehead atoms. The lowest BCUT2D eigenvalue weighted by Gasteiger charge is -2.06. The van der Waals surface area contributed by atoms with Crippen molar-refractivity contribution in [3.8, 4) is 0 Å². The molecule has 7 nitrogen and oxygen atoms in total. The Morgan fingerprint density at radius 2 is 2.08 bits per heavy atom. The van der Waals surface area contributed by atoms with Crippen molar-refractivity contribution in [1.29, 1.82) is 0 Å². The molecule has 0 unspecified atom stereocenters. The van der Waals surface area contributed by atoms with Gasteiger partial charge in [0.25, 0.3) is 6.43 Å². The molecule has 0 aliphatic heterocycles.